The molecule has 2 aromatic carbocycles. The van der Waals surface area contributed by atoms with Crippen molar-refractivity contribution in [3.8, 4) is 0 Å². The van der Waals surface area contributed by atoms with Gasteiger partial charge in [0.2, 0.25) is 0 Å². The Balaban J connectivity index is 1.92. The Kier molecular flexibility index (Phi) is 6.23. The van der Waals surface area contributed by atoms with E-state index in [1.54, 1.807) is 6.07 Å². The van der Waals surface area contributed by atoms with E-state index in [0.29, 0.717) is 5.02 Å². The third kappa shape index (κ3) is 4.72. The number of esters is 1. The Morgan fingerprint density at radius 3 is 2.71 bits per heavy atom. The van der Waals surface area contributed by atoms with Crippen LogP contribution in [0, 0.1) is 0 Å². The molecular formula is C17H16BrClN2O3. The normalized spacial score (nSPS) is 11.6. The molecule has 0 fully saturated rings. The molecule has 0 unspecified atom stereocenters. The van der Waals surface area contributed by atoms with Crippen LogP contribution in [0.4, 0.5) is 5.69 Å². The van der Waals surface area contributed by atoms with Gasteiger partial charge in [-0.3, -0.25) is 4.79 Å². The van der Waals surface area contributed by atoms with Gasteiger partial charge >= 0.3 is 5.97 Å². The quantitative estimate of drug-likeness (QED) is 0.580. The van der Waals surface area contributed by atoms with E-state index in [4.69, 9.17) is 22.1 Å². The monoisotopic (exact) mass is 410 g/mol. The number of nitrogens with two attached hydrogens (primary N) is 1. The summed E-state index contributed by atoms with van der Waals surface area (Å²) in [7, 11) is 0. The summed E-state index contributed by atoms with van der Waals surface area (Å²) < 4.78 is 5.88. The summed E-state index contributed by atoms with van der Waals surface area (Å²) in [5.41, 5.74) is 7.01. The van der Waals surface area contributed by atoms with Crippen LogP contribution in [0.3, 0.4) is 0 Å². The maximum absolute atomic E-state index is 12.0. The second-order valence-electron chi connectivity index (χ2n) is 5.12. The zero-order chi connectivity index (χ0) is 17.7. The largest absolute Gasteiger partial charge is 0.452 e. The van der Waals surface area contributed by atoms with Crippen LogP contribution >= 0.6 is 27.5 Å². The van der Waals surface area contributed by atoms with Gasteiger partial charge in [-0.15, -0.1) is 0 Å². The van der Waals surface area contributed by atoms with E-state index in [-0.39, 0.29) is 17.3 Å². The van der Waals surface area contributed by atoms with Gasteiger partial charge in [-0.25, -0.2) is 4.79 Å². The first-order valence-corrected chi connectivity index (χ1v) is 8.31. The van der Waals surface area contributed by atoms with Crippen LogP contribution < -0.4 is 11.1 Å². The van der Waals surface area contributed by atoms with Crippen LogP contribution in [0.5, 0.6) is 0 Å². The molecule has 0 aliphatic carbocycles. The van der Waals surface area contributed by atoms with Crippen molar-refractivity contribution < 1.29 is 14.3 Å². The Morgan fingerprint density at radius 2 is 2.00 bits per heavy atom. The maximum Gasteiger partial charge on any atom is 0.340 e. The number of carbonyl (C=O) groups is 2. The number of amides is 1. The minimum Gasteiger partial charge on any atom is -0.452 e. The van der Waals surface area contributed by atoms with Gasteiger partial charge in [-0.1, -0.05) is 45.7 Å². The lowest BCUT2D eigenvalue weighted by Gasteiger charge is -2.16. The molecule has 7 heteroatoms. The van der Waals surface area contributed by atoms with Crippen molar-refractivity contribution in [1.29, 1.82) is 0 Å². The molecule has 3 N–H and O–H groups in total. The second kappa shape index (κ2) is 8.17. The van der Waals surface area contributed by atoms with Crippen molar-refractivity contribution in [2.45, 2.75) is 13.0 Å². The first kappa shape index (κ1) is 18.3. The maximum atomic E-state index is 12.0. The van der Waals surface area contributed by atoms with Crippen molar-refractivity contribution in [2.75, 3.05) is 12.3 Å². The van der Waals surface area contributed by atoms with Crippen molar-refractivity contribution in [2.24, 2.45) is 0 Å². The first-order chi connectivity index (χ1) is 11.4. The number of carbonyl (C=O) groups excluding carboxylic acids is 2. The fourth-order valence-corrected chi connectivity index (χ4v) is 2.90. The summed E-state index contributed by atoms with van der Waals surface area (Å²) >= 11 is 9.26. The summed E-state index contributed by atoms with van der Waals surface area (Å²) in [4.78, 5) is 23.9. The van der Waals surface area contributed by atoms with Gasteiger partial charge in [0.25, 0.3) is 5.91 Å². The topological polar surface area (TPSA) is 81.4 Å². The lowest BCUT2D eigenvalue weighted by molar-refractivity contribution is -0.124. The summed E-state index contributed by atoms with van der Waals surface area (Å²) in [6.07, 6.45) is 0. The zero-order valence-electron chi connectivity index (χ0n) is 12.9. The Hall–Kier alpha value is -2.05. The third-order valence-electron chi connectivity index (χ3n) is 3.32. The highest BCUT2D eigenvalue weighted by molar-refractivity contribution is 9.10. The van der Waals surface area contributed by atoms with Gasteiger partial charge < -0.3 is 15.8 Å². The number of hydrogen-bond acceptors (Lipinski definition) is 4. The molecule has 0 aromatic heterocycles. The fraction of sp³-hybridized carbons (Fsp3) is 0.176. The second-order valence-corrected chi connectivity index (χ2v) is 6.41. The van der Waals surface area contributed by atoms with Crippen LogP contribution in [0.15, 0.2) is 46.9 Å². The van der Waals surface area contributed by atoms with E-state index in [9.17, 15) is 9.59 Å². The molecule has 0 aliphatic rings. The van der Waals surface area contributed by atoms with E-state index >= 15 is 0 Å². The van der Waals surface area contributed by atoms with Crippen LogP contribution in [0.25, 0.3) is 0 Å². The number of ether oxygens (including phenoxy) is 1. The number of halogens is 2. The number of rotatable bonds is 5. The third-order valence-corrected chi connectivity index (χ3v) is 4.28. The molecule has 0 heterocycles. The highest BCUT2D eigenvalue weighted by atomic mass is 79.9. The molecule has 0 radical (unpaired) electrons. The predicted molar refractivity (Wildman–Crippen MR) is 96.8 cm³/mol. The smallest absolute Gasteiger partial charge is 0.340 e. The highest BCUT2D eigenvalue weighted by Gasteiger charge is 2.16. The summed E-state index contributed by atoms with van der Waals surface area (Å²) in [6.45, 7) is 1.44. The van der Waals surface area contributed by atoms with Crippen LogP contribution in [-0.2, 0) is 9.53 Å². The molecule has 0 aliphatic heterocycles. The van der Waals surface area contributed by atoms with Gasteiger partial charge in [0.05, 0.1) is 11.6 Å². The van der Waals surface area contributed by atoms with Gasteiger partial charge in [0, 0.05) is 15.2 Å². The Morgan fingerprint density at radius 1 is 1.29 bits per heavy atom. The van der Waals surface area contributed by atoms with Gasteiger partial charge in [-0.05, 0) is 36.8 Å². The van der Waals surface area contributed by atoms with Crippen molar-refractivity contribution >= 4 is 45.1 Å². The van der Waals surface area contributed by atoms with Gasteiger partial charge in [0.15, 0.2) is 6.61 Å². The fourth-order valence-electron chi connectivity index (χ4n) is 2.10. The molecule has 0 bridgehead atoms. The number of nitrogen functional groups attached to an aromatic ring is 1. The summed E-state index contributed by atoms with van der Waals surface area (Å²) in [5.74, 6) is -1.11. The zero-order valence-corrected chi connectivity index (χ0v) is 15.2. The highest BCUT2D eigenvalue weighted by Crippen LogP contribution is 2.22. The molecular weight excluding hydrogens is 396 g/mol. The summed E-state index contributed by atoms with van der Waals surface area (Å²) in [6, 6.07) is 11.8. The number of nitrogens with one attached hydrogen (secondary N) is 1. The standard InChI is InChI=1S/C17H16BrClN2O3/c1-10(12-4-2-3-5-14(12)18)21-16(22)9-24-17(23)13-8-11(19)6-7-15(13)20/h2-8,10H,9,20H2,1H3,(H,21,22)/t10-/m0/s1. The van der Waals surface area contributed by atoms with Crippen LogP contribution in [0.2, 0.25) is 5.02 Å². The molecule has 5 nitrogen and oxygen atoms in total. The molecule has 2 rings (SSSR count). The molecule has 24 heavy (non-hydrogen) atoms. The van der Waals surface area contributed by atoms with E-state index in [1.807, 2.05) is 31.2 Å². The van der Waals surface area contributed by atoms with E-state index in [0.717, 1.165) is 10.0 Å². The molecule has 0 saturated carbocycles. The molecule has 1 atom stereocenters. The van der Waals surface area contributed by atoms with Crippen LogP contribution in [0.1, 0.15) is 28.9 Å². The van der Waals surface area contributed by atoms with Crippen molar-refractivity contribution in [3.63, 3.8) is 0 Å². The lowest BCUT2D eigenvalue weighted by atomic mass is 10.1. The minimum absolute atomic E-state index is 0.133. The van der Waals surface area contributed by atoms with Crippen molar-refractivity contribution in [1.82, 2.24) is 5.32 Å². The molecule has 126 valence electrons. The summed E-state index contributed by atoms with van der Waals surface area (Å²) in [5, 5.41) is 3.13. The van der Waals surface area contributed by atoms with Gasteiger partial charge in [0.1, 0.15) is 0 Å². The molecule has 0 spiro atoms. The first-order valence-electron chi connectivity index (χ1n) is 7.14. The molecule has 0 saturated heterocycles. The Bertz CT molecular complexity index is 767. The van der Waals surface area contributed by atoms with Gasteiger partial charge in [-0.2, -0.15) is 0 Å². The number of hydrogen-bond donors (Lipinski definition) is 2. The SMILES string of the molecule is C[C@H](NC(=O)COC(=O)c1cc(Cl)ccc1N)c1ccccc1Br. The predicted octanol–water partition coefficient (Wildman–Crippen LogP) is 3.72. The average Bonchev–Trinajstić information content (AvgIpc) is 2.55. The minimum atomic E-state index is -0.696. The average molecular weight is 412 g/mol. The van der Waals surface area contributed by atoms with E-state index in [2.05, 4.69) is 21.2 Å². The number of benzene rings is 2. The van der Waals surface area contributed by atoms with E-state index in [1.165, 1.54) is 12.1 Å². The van der Waals surface area contributed by atoms with Crippen molar-refractivity contribution in [3.05, 3.63) is 63.1 Å². The molecule has 2 aromatic rings. The molecule has 1 amide bonds. The van der Waals surface area contributed by atoms with E-state index < -0.39 is 18.5 Å². The van der Waals surface area contributed by atoms with Crippen LogP contribution in [-0.4, -0.2) is 18.5 Å². The Labute approximate surface area is 153 Å². The number of anilines is 1. The lowest BCUT2D eigenvalue weighted by Crippen LogP contribution is -2.31.